The molecule has 18 heavy (non-hydrogen) atoms. The summed E-state index contributed by atoms with van der Waals surface area (Å²) in [5, 5.41) is 7.30. The first kappa shape index (κ1) is 12.4. The molecule has 2 aliphatic rings. The molecule has 1 fully saturated rings. The zero-order valence-electron chi connectivity index (χ0n) is 10.9. The maximum atomic E-state index is 3.73. The summed E-state index contributed by atoms with van der Waals surface area (Å²) in [6.07, 6.45) is 5.21. The normalized spacial score (nSPS) is 23.2. The third-order valence-corrected chi connectivity index (χ3v) is 5.12. The lowest BCUT2D eigenvalue weighted by Gasteiger charge is -2.25. The number of hydrogen-bond donors (Lipinski definition) is 2. The van der Waals surface area contributed by atoms with Gasteiger partial charge in [0.1, 0.15) is 0 Å². The zero-order chi connectivity index (χ0) is 12.2. The molecule has 2 aliphatic heterocycles. The molecule has 3 rings (SSSR count). The van der Waals surface area contributed by atoms with E-state index < -0.39 is 0 Å². The Labute approximate surface area is 114 Å². The summed E-state index contributed by atoms with van der Waals surface area (Å²) in [6, 6.07) is 7.45. The molecule has 1 atom stereocenters. The fourth-order valence-corrected chi connectivity index (χ4v) is 3.99. The number of aryl methyl sites for hydroxylation is 1. The molecule has 1 aromatic rings. The van der Waals surface area contributed by atoms with Crippen molar-refractivity contribution in [3.8, 4) is 0 Å². The second-order valence-electron chi connectivity index (χ2n) is 5.28. The van der Waals surface area contributed by atoms with E-state index in [1.54, 1.807) is 0 Å². The van der Waals surface area contributed by atoms with E-state index in [-0.39, 0.29) is 0 Å². The molecule has 1 aromatic carbocycles. The van der Waals surface area contributed by atoms with Crippen molar-refractivity contribution in [1.29, 1.82) is 0 Å². The number of fused-ring (bicyclic) bond motifs is 1. The van der Waals surface area contributed by atoms with E-state index in [0.29, 0.717) is 6.04 Å². The SMILES string of the molecule is c1cc2c(c(CNC3CCCSC3)c1)NCCC2. The van der Waals surface area contributed by atoms with Crippen molar-refractivity contribution in [2.45, 2.75) is 38.3 Å². The highest BCUT2D eigenvalue weighted by atomic mass is 32.2. The average Bonchev–Trinajstić information content (AvgIpc) is 2.46. The number of anilines is 1. The molecule has 98 valence electrons. The largest absolute Gasteiger partial charge is 0.385 e. The lowest BCUT2D eigenvalue weighted by atomic mass is 9.99. The molecule has 0 radical (unpaired) electrons. The van der Waals surface area contributed by atoms with Gasteiger partial charge in [0.2, 0.25) is 0 Å². The van der Waals surface area contributed by atoms with E-state index in [1.165, 1.54) is 54.0 Å². The molecule has 0 spiro atoms. The Morgan fingerprint density at radius 1 is 1.33 bits per heavy atom. The van der Waals surface area contributed by atoms with E-state index in [0.717, 1.165) is 13.1 Å². The Balaban J connectivity index is 1.65. The Kier molecular flexibility index (Phi) is 4.11. The first-order chi connectivity index (χ1) is 8.93. The van der Waals surface area contributed by atoms with Gasteiger partial charge in [-0.05, 0) is 42.6 Å². The van der Waals surface area contributed by atoms with Gasteiger partial charge in [-0.1, -0.05) is 18.2 Å². The van der Waals surface area contributed by atoms with Gasteiger partial charge < -0.3 is 10.6 Å². The van der Waals surface area contributed by atoms with Crippen molar-refractivity contribution in [2.75, 3.05) is 23.4 Å². The number of para-hydroxylation sites is 1. The standard InChI is InChI=1S/C15H22N2S/c1-4-12-6-2-8-16-15(12)13(5-1)10-17-14-7-3-9-18-11-14/h1,4-5,14,16-17H,2-3,6-11H2. The zero-order valence-corrected chi connectivity index (χ0v) is 11.7. The number of rotatable bonds is 3. The van der Waals surface area contributed by atoms with Crippen molar-refractivity contribution >= 4 is 17.4 Å². The number of hydrogen-bond acceptors (Lipinski definition) is 3. The number of nitrogens with one attached hydrogen (secondary N) is 2. The summed E-state index contributed by atoms with van der Waals surface area (Å²) in [6.45, 7) is 2.14. The smallest absolute Gasteiger partial charge is 0.0418 e. The maximum absolute atomic E-state index is 3.73. The Morgan fingerprint density at radius 3 is 3.22 bits per heavy atom. The van der Waals surface area contributed by atoms with Crippen LogP contribution < -0.4 is 10.6 Å². The molecular weight excluding hydrogens is 240 g/mol. The van der Waals surface area contributed by atoms with Gasteiger partial charge in [0.05, 0.1) is 0 Å². The van der Waals surface area contributed by atoms with Crippen LogP contribution in [0, 0.1) is 0 Å². The molecule has 2 nitrogen and oxygen atoms in total. The lowest BCUT2D eigenvalue weighted by Crippen LogP contribution is -2.33. The molecule has 0 aliphatic carbocycles. The van der Waals surface area contributed by atoms with Crippen molar-refractivity contribution in [3.05, 3.63) is 29.3 Å². The third kappa shape index (κ3) is 2.83. The summed E-state index contributed by atoms with van der Waals surface area (Å²) in [5.41, 5.74) is 4.35. The monoisotopic (exact) mass is 262 g/mol. The van der Waals surface area contributed by atoms with Crippen LogP contribution in [-0.2, 0) is 13.0 Å². The van der Waals surface area contributed by atoms with Gasteiger partial charge in [-0.3, -0.25) is 0 Å². The molecular formula is C15H22N2S. The quantitative estimate of drug-likeness (QED) is 0.875. The fraction of sp³-hybridized carbons (Fsp3) is 0.600. The minimum atomic E-state index is 0.711. The predicted molar refractivity (Wildman–Crippen MR) is 80.4 cm³/mol. The van der Waals surface area contributed by atoms with Crippen LogP contribution in [0.15, 0.2) is 18.2 Å². The maximum Gasteiger partial charge on any atom is 0.0418 e. The summed E-state index contributed by atoms with van der Waals surface area (Å²) in [5.74, 6) is 2.63. The number of thioether (sulfide) groups is 1. The van der Waals surface area contributed by atoms with Gasteiger partial charge in [0.15, 0.2) is 0 Å². The predicted octanol–water partition coefficient (Wildman–Crippen LogP) is 3.03. The molecule has 1 unspecified atom stereocenters. The minimum absolute atomic E-state index is 0.711. The summed E-state index contributed by atoms with van der Waals surface area (Å²) in [4.78, 5) is 0. The van der Waals surface area contributed by atoms with E-state index in [1.807, 2.05) is 0 Å². The van der Waals surface area contributed by atoms with E-state index in [9.17, 15) is 0 Å². The van der Waals surface area contributed by atoms with Crippen molar-refractivity contribution < 1.29 is 0 Å². The topological polar surface area (TPSA) is 24.1 Å². The minimum Gasteiger partial charge on any atom is -0.385 e. The van der Waals surface area contributed by atoms with Crippen molar-refractivity contribution in [1.82, 2.24) is 5.32 Å². The first-order valence-electron chi connectivity index (χ1n) is 7.09. The van der Waals surface area contributed by atoms with Gasteiger partial charge in [-0.2, -0.15) is 11.8 Å². The highest BCUT2D eigenvalue weighted by molar-refractivity contribution is 7.99. The van der Waals surface area contributed by atoms with Crippen LogP contribution in [0.25, 0.3) is 0 Å². The van der Waals surface area contributed by atoms with Crippen LogP contribution in [0.4, 0.5) is 5.69 Å². The number of benzene rings is 1. The fourth-order valence-electron chi connectivity index (χ4n) is 2.88. The van der Waals surface area contributed by atoms with Gasteiger partial charge in [-0.25, -0.2) is 0 Å². The third-order valence-electron chi connectivity index (χ3n) is 3.90. The van der Waals surface area contributed by atoms with Gasteiger partial charge in [-0.15, -0.1) is 0 Å². The molecule has 0 aromatic heterocycles. The van der Waals surface area contributed by atoms with Crippen LogP contribution in [0.5, 0.6) is 0 Å². The highest BCUT2D eigenvalue weighted by Crippen LogP contribution is 2.26. The van der Waals surface area contributed by atoms with Gasteiger partial charge in [0, 0.05) is 30.6 Å². The Morgan fingerprint density at radius 2 is 2.33 bits per heavy atom. The first-order valence-corrected chi connectivity index (χ1v) is 8.25. The van der Waals surface area contributed by atoms with Crippen LogP contribution in [0.1, 0.15) is 30.4 Å². The second-order valence-corrected chi connectivity index (χ2v) is 6.43. The van der Waals surface area contributed by atoms with E-state index >= 15 is 0 Å². The van der Waals surface area contributed by atoms with Crippen LogP contribution in [0.3, 0.4) is 0 Å². The Hall–Kier alpha value is -0.670. The Bertz CT molecular complexity index is 399. The molecule has 3 heteroatoms. The van der Waals surface area contributed by atoms with Crippen LogP contribution in [-0.4, -0.2) is 24.1 Å². The molecule has 2 N–H and O–H groups in total. The molecule has 0 amide bonds. The molecule has 2 heterocycles. The molecule has 1 saturated heterocycles. The molecule has 0 bridgehead atoms. The highest BCUT2D eigenvalue weighted by Gasteiger charge is 2.15. The average molecular weight is 262 g/mol. The van der Waals surface area contributed by atoms with Crippen molar-refractivity contribution in [2.24, 2.45) is 0 Å². The van der Waals surface area contributed by atoms with Crippen molar-refractivity contribution in [3.63, 3.8) is 0 Å². The second kappa shape index (κ2) is 5.98. The summed E-state index contributed by atoms with van der Waals surface area (Å²) < 4.78 is 0. The lowest BCUT2D eigenvalue weighted by molar-refractivity contribution is 0.507. The molecule has 0 saturated carbocycles. The van der Waals surface area contributed by atoms with Gasteiger partial charge >= 0.3 is 0 Å². The van der Waals surface area contributed by atoms with E-state index in [2.05, 4.69) is 40.6 Å². The van der Waals surface area contributed by atoms with Gasteiger partial charge in [0.25, 0.3) is 0 Å². The van der Waals surface area contributed by atoms with E-state index in [4.69, 9.17) is 0 Å². The van der Waals surface area contributed by atoms with Crippen LogP contribution >= 0.6 is 11.8 Å². The summed E-state index contributed by atoms with van der Waals surface area (Å²) >= 11 is 2.09. The van der Waals surface area contributed by atoms with Crippen LogP contribution in [0.2, 0.25) is 0 Å². The summed E-state index contributed by atoms with van der Waals surface area (Å²) in [7, 11) is 0.